The first-order chi connectivity index (χ1) is 10.9. The lowest BCUT2D eigenvalue weighted by atomic mass is 9.68. The predicted octanol–water partition coefficient (Wildman–Crippen LogP) is 4.21. The van der Waals surface area contributed by atoms with Crippen molar-refractivity contribution < 1.29 is 9.90 Å². The van der Waals surface area contributed by atoms with Crippen molar-refractivity contribution in [1.82, 2.24) is 5.32 Å². The topological polar surface area (TPSA) is 49.3 Å². The molecule has 0 bridgehead atoms. The Morgan fingerprint density at radius 2 is 1.74 bits per heavy atom. The van der Waals surface area contributed by atoms with Crippen LogP contribution in [0.1, 0.15) is 39.7 Å². The SMILES string of the molecule is CC(C)NCCC(C(=O)O)(c1cccc2ccccc12)C(C)C. The van der Waals surface area contributed by atoms with Crippen LogP contribution < -0.4 is 5.32 Å². The third-order valence-electron chi connectivity index (χ3n) is 4.71. The summed E-state index contributed by atoms with van der Waals surface area (Å²) >= 11 is 0. The Hall–Kier alpha value is -1.87. The predicted molar refractivity (Wildman–Crippen MR) is 95.9 cm³/mol. The first-order valence-corrected chi connectivity index (χ1v) is 8.34. The highest BCUT2D eigenvalue weighted by molar-refractivity contribution is 5.93. The van der Waals surface area contributed by atoms with Gasteiger partial charge < -0.3 is 10.4 Å². The second kappa shape index (κ2) is 7.14. The molecule has 2 rings (SSSR count). The molecular weight excluding hydrogens is 286 g/mol. The highest BCUT2D eigenvalue weighted by Gasteiger charge is 2.43. The molecule has 2 aromatic carbocycles. The number of benzene rings is 2. The van der Waals surface area contributed by atoms with Gasteiger partial charge in [0.15, 0.2) is 0 Å². The summed E-state index contributed by atoms with van der Waals surface area (Å²) in [6.07, 6.45) is 0.576. The fourth-order valence-corrected chi connectivity index (χ4v) is 3.38. The van der Waals surface area contributed by atoms with E-state index < -0.39 is 11.4 Å². The summed E-state index contributed by atoms with van der Waals surface area (Å²) in [5.74, 6) is -0.742. The van der Waals surface area contributed by atoms with Crippen LogP contribution in [-0.2, 0) is 10.2 Å². The summed E-state index contributed by atoms with van der Waals surface area (Å²) in [5, 5.41) is 15.6. The van der Waals surface area contributed by atoms with Gasteiger partial charge in [0.25, 0.3) is 0 Å². The summed E-state index contributed by atoms with van der Waals surface area (Å²) < 4.78 is 0. The van der Waals surface area contributed by atoms with E-state index in [0.717, 1.165) is 16.3 Å². The molecule has 0 fully saturated rings. The molecule has 0 aliphatic carbocycles. The molecule has 23 heavy (non-hydrogen) atoms. The molecular formula is C20H27NO2. The quantitative estimate of drug-likeness (QED) is 0.805. The van der Waals surface area contributed by atoms with Crippen LogP contribution in [0.3, 0.4) is 0 Å². The Morgan fingerprint density at radius 3 is 2.35 bits per heavy atom. The van der Waals surface area contributed by atoms with Gasteiger partial charge in [-0.15, -0.1) is 0 Å². The first kappa shape index (κ1) is 17.5. The van der Waals surface area contributed by atoms with Gasteiger partial charge in [-0.1, -0.05) is 70.2 Å². The van der Waals surface area contributed by atoms with E-state index in [9.17, 15) is 9.90 Å². The summed E-state index contributed by atoms with van der Waals surface area (Å²) in [7, 11) is 0. The normalized spacial score (nSPS) is 14.3. The molecule has 0 saturated carbocycles. The standard InChI is InChI=1S/C20H27NO2/c1-14(2)20(19(22)23,12-13-21-15(3)4)18-11-7-9-16-8-5-6-10-17(16)18/h5-11,14-15,21H,12-13H2,1-4H3,(H,22,23). The number of hydrogen-bond acceptors (Lipinski definition) is 2. The Balaban J connectivity index is 2.57. The fraction of sp³-hybridized carbons (Fsp3) is 0.450. The molecule has 1 unspecified atom stereocenters. The smallest absolute Gasteiger partial charge is 0.314 e. The van der Waals surface area contributed by atoms with Gasteiger partial charge >= 0.3 is 5.97 Å². The number of carboxylic acids is 1. The van der Waals surface area contributed by atoms with E-state index in [1.165, 1.54) is 0 Å². The van der Waals surface area contributed by atoms with Crippen LogP contribution in [0, 0.1) is 5.92 Å². The number of nitrogens with one attached hydrogen (secondary N) is 1. The molecule has 0 spiro atoms. The molecule has 1 atom stereocenters. The zero-order valence-corrected chi connectivity index (χ0v) is 14.5. The molecule has 124 valence electrons. The van der Waals surface area contributed by atoms with Gasteiger partial charge in [-0.05, 0) is 35.2 Å². The number of aliphatic carboxylic acids is 1. The molecule has 3 nitrogen and oxygen atoms in total. The van der Waals surface area contributed by atoms with E-state index >= 15 is 0 Å². The Morgan fingerprint density at radius 1 is 1.09 bits per heavy atom. The Bertz CT molecular complexity index is 673. The van der Waals surface area contributed by atoms with Crippen LogP contribution in [-0.4, -0.2) is 23.7 Å². The monoisotopic (exact) mass is 313 g/mol. The molecule has 0 heterocycles. The van der Waals surface area contributed by atoms with E-state index in [0.29, 0.717) is 19.0 Å². The molecule has 0 amide bonds. The third kappa shape index (κ3) is 3.40. The second-order valence-electron chi connectivity index (χ2n) is 6.82. The summed E-state index contributed by atoms with van der Waals surface area (Å²) in [5.41, 5.74) is 0.0339. The zero-order valence-electron chi connectivity index (χ0n) is 14.5. The van der Waals surface area contributed by atoms with Crippen LogP contribution in [0.4, 0.5) is 0 Å². The van der Waals surface area contributed by atoms with Crippen LogP contribution in [0.5, 0.6) is 0 Å². The molecule has 2 N–H and O–H groups in total. The molecule has 0 aromatic heterocycles. The van der Waals surface area contributed by atoms with Gasteiger partial charge in [0.1, 0.15) is 0 Å². The van der Waals surface area contributed by atoms with E-state index in [4.69, 9.17) is 0 Å². The Labute approximate surface area is 138 Å². The van der Waals surface area contributed by atoms with Crippen LogP contribution in [0.2, 0.25) is 0 Å². The minimum atomic E-state index is -0.886. The summed E-state index contributed by atoms with van der Waals surface area (Å²) in [6.45, 7) is 8.85. The largest absolute Gasteiger partial charge is 0.481 e. The van der Waals surface area contributed by atoms with E-state index in [1.807, 2.05) is 56.3 Å². The second-order valence-corrected chi connectivity index (χ2v) is 6.82. The van der Waals surface area contributed by atoms with Crippen molar-refractivity contribution in [3.05, 3.63) is 48.0 Å². The summed E-state index contributed by atoms with van der Waals surface area (Å²) in [4.78, 5) is 12.4. The van der Waals surface area contributed by atoms with Gasteiger partial charge in [0.2, 0.25) is 0 Å². The lowest BCUT2D eigenvalue weighted by molar-refractivity contribution is -0.146. The van der Waals surface area contributed by atoms with Crippen LogP contribution in [0.25, 0.3) is 10.8 Å². The zero-order chi connectivity index (χ0) is 17.0. The molecule has 2 aromatic rings. The number of fused-ring (bicyclic) bond motifs is 1. The van der Waals surface area contributed by atoms with Gasteiger partial charge in [0, 0.05) is 6.04 Å². The maximum Gasteiger partial charge on any atom is 0.314 e. The van der Waals surface area contributed by atoms with Gasteiger partial charge in [0.05, 0.1) is 5.41 Å². The average molecular weight is 313 g/mol. The maximum atomic E-state index is 12.4. The molecule has 0 radical (unpaired) electrons. The molecule has 0 aliphatic rings. The molecule has 3 heteroatoms. The first-order valence-electron chi connectivity index (χ1n) is 8.34. The number of hydrogen-bond donors (Lipinski definition) is 2. The van der Waals surface area contributed by atoms with E-state index in [-0.39, 0.29) is 5.92 Å². The Kier molecular flexibility index (Phi) is 5.42. The third-order valence-corrected chi connectivity index (χ3v) is 4.71. The maximum absolute atomic E-state index is 12.4. The molecule has 0 saturated heterocycles. The fourth-order valence-electron chi connectivity index (χ4n) is 3.38. The average Bonchev–Trinajstić information content (AvgIpc) is 2.50. The van der Waals surface area contributed by atoms with Crippen molar-refractivity contribution in [3.63, 3.8) is 0 Å². The lowest BCUT2D eigenvalue weighted by Gasteiger charge is -2.35. The molecule has 0 aliphatic heterocycles. The van der Waals surface area contributed by atoms with Crippen molar-refractivity contribution in [3.8, 4) is 0 Å². The number of carbonyl (C=O) groups is 1. The highest BCUT2D eigenvalue weighted by Crippen LogP contribution is 2.39. The number of carboxylic acid groups (broad SMARTS) is 1. The lowest BCUT2D eigenvalue weighted by Crippen LogP contribution is -2.44. The minimum absolute atomic E-state index is 0.000214. The van der Waals surface area contributed by atoms with Crippen molar-refractivity contribution in [2.45, 2.75) is 45.6 Å². The van der Waals surface area contributed by atoms with Crippen molar-refractivity contribution in [2.24, 2.45) is 5.92 Å². The van der Waals surface area contributed by atoms with Crippen LogP contribution >= 0.6 is 0 Å². The highest BCUT2D eigenvalue weighted by atomic mass is 16.4. The van der Waals surface area contributed by atoms with Crippen molar-refractivity contribution >= 4 is 16.7 Å². The van der Waals surface area contributed by atoms with Gasteiger partial charge in [-0.25, -0.2) is 0 Å². The van der Waals surface area contributed by atoms with E-state index in [1.54, 1.807) is 0 Å². The van der Waals surface area contributed by atoms with Crippen molar-refractivity contribution in [1.29, 1.82) is 0 Å². The van der Waals surface area contributed by atoms with Crippen molar-refractivity contribution in [2.75, 3.05) is 6.54 Å². The summed E-state index contributed by atoms with van der Waals surface area (Å²) in [6, 6.07) is 14.4. The number of rotatable bonds is 7. The van der Waals surface area contributed by atoms with Gasteiger partial charge in [-0.3, -0.25) is 4.79 Å². The minimum Gasteiger partial charge on any atom is -0.481 e. The van der Waals surface area contributed by atoms with E-state index in [2.05, 4.69) is 19.2 Å². The van der Waals surface area contributed by atoms with Crippen LogP contribution in [0.15, 0.2) is 42.5 Å². The van der Waals surface area contributed by atoms with Gasteiger partial charge in [-0.2, -0.15) is 0 Å².